The Hall–Kier alpha value is -0.390. The van der Waals surface area contributed by atoms with Crippen LogP contribution in [0.3, 0.4) is 0 Å². The molecule has 0 aromatic carbocycles. The van der Waals surface area contributed by atoms with Crippen molar-refractivity contribution in [2.24, 2.45) is 0 Å². The largest absolute Gasteiger partial charge is 0.248 e. The van der Waals surface area contributed by atoms with Gasteiger partial charge in [-0.1, -0.05) is 0 Å². The predicted molar refractivity (Wildman–Crippen MR) is 67.6 cm³/mol. The van der Waals surface area contributed by atoms with E-state index in [4.69, 9.17) is 0 Å². The fourth-order valence-corrected chi connectivity index (χ4v) is 3.48. The summed E-state index contributed by atoms with van der Waals surface area (Å²) in [5, 5.41) is 3.01. The van der Waals surface area contributed by atoms with Gasteiger partial charge in [-0.05, 0) is 53.2 Å². The minimum absolute atomic E-state index is 0.968. The van der Waals surface area contributed by atoms with Gasteiger partial charge >= 0.3 is 0 Å². The van der Waals surface area contributed by atoms with Crippen LogP contribution in [0, 0.1) is 13.8 Å². The molecule has 0 spiro atoms. The van der Waals surface area contributed by atoms with Crippen LogP contribution in [0.25, 0.3) is 0 Å². The molecule has 0 aliphatic rings. The van der Waals surface area contributed by atoms with Crippen molar-refractivity contribution >= 4 is 39.0 Å². The molecule has 78 valence electrons. The molecule has 0 N–H and O–H groups in total. The van der Waals surface area contributed by atoms with Crippen LogP contribution in [0.1, 0.15) is 11.3 Å². The highest BCUT2D eigenvalue weighted by molar-refractivity contribution is 9.10. The van der Waals surface area contributed by atoms with Gasteiger partial charge < -0.3 is 0 Å². The van der Waals surface area contributed by atoms with E-state index in [1.807, 2.05) is 25.4 Å². The molecule has 0 unspecified atom stereocenters. The molecule has 2 aromatic rings. The average molecular weight is 301 g/mol. The minimum atomic E-state index is 0.968. The Morgan fingerprint density at radius 2 is 2.20 bits per heavy atom. The maximum absolute atomic E-state index is 4.39. The zero-order valence-electron chi connectivity index (χ0n) is 8.32. The number of aromatic nitrogens is 2. The van der Waals surface area contributed by atoms with Crippen molar-refractivity contribution in [1.82, 2.24) is 9.97 Å². The lowest BCUT2D eigenvalue weighted by Crippen LogP contribution is -1.83. The summed E-state index contributed by atoms with van der Waals surface area (Å²) in [6.45, 7) is 4.03. The Morgan fingerprint density at radius 3 is 2.80 bits per heavy atom. The van der Waals surface area contributed by atoms with Crippen molar-refractivity contribution in [3.05, 3.63) is 33.4 Å². The number of pyridine rings is 1. The van der Waals surface area contributed by atoms with Crippen LogP contribution in [0.15, 0.2) is 31.5 Å². The molecule has 0 bridgehead atoms. The molecular formula is C10H9BrN2S2. The second-order valence-electron chi connectivity index (χ2n) is 3.16. The molecule has 0 aliphatic heterocycles. The van der Waals surface area contributed by atoms with Crippen molar-refractivity contribution in [2.75, 3.05) is 0 Å². The van der Waals surface area contributed by atoms with Crippen LogP contribution in [-0.4, -0.2) is 9.97 Å². The van der Waals surface area contributed by atoms with Crippen LogP contribution in [0.2, 0.25) is 0 Å². The van der Waals surface area contributed by atoms with Gasteiger partial charge in [0.15, 0.2) is 4.34 Å². The Morgan fingerprint density at radius 1 is 1.40 bits per heavy atom. The number of halogens is 1. The highest BCUT2D eigenvalue weighted by Gasteiger charge is 2.06. The summed E-state index contributed by atoms with van der Waals surface area (Å²) in [7, 11) is 0. The third-order valence-corrected chi connectivity index (χ3v) is 4.67. The van der Waals surface area contributed by atoms with E-state index in [-0.39, 0.29) is 0 Å². The molecule has 15 heavy (non-hydrogen) atoms. The van der Waals surface area contributed by atoms with Crippen molar-refractivity contribution < 1.29 is 0 Å². The van der Waals surface area contributed by atoms with E-state index in [2.05, 4.69) is 32.0 Å². The standard InChI is InChI=1S/C10H9BrN2S2/c1-6-3-8(11)9(12-4-6)15-10-13-7(2)5-14-10/h3-5H,1-2H3. The van der Waals surface area contributed by atoms with Crippen LogP contribution in [-0.2, 0) is 0 Å². The van der Waals surface area contributed by atoms with Gasteiger partial charge in [0, 0.05) is 17.3 Å². The van der Waals surface area contributed by atoms with Crippen LogP contribution in [0.4, 0.5) is 0 Å². The first-order valence-corrected chi connectivity index (χ1v) is 6.86. The van der Waals surface area contributed by atoms with E-state index in [0.717, 1.165) is 25.1 Å². The van der Waals surface area contributed by atoms with Crippen molar-refractivity contribution in [3.8, 4) is 0 Å². The van der Waals surface area contributed by atoms with E-state index in [9.17, 15) is 0 Å². The number of rotatable bonds is 2. The number of thiazole rings is 1. The van der Waals surface area contributed by atoms with Crippen LogP contribution in [0.5, 0.6) is 0 Å². The molecule has 0 fully saturated rings. The van der Waals surface area contributed by atoms with Gasteiger partial charge in [0.1, 0.15) is 5.03 Å². The van der Waals surface area contributed by atoms with Crippen LogP contribution < -0.4 is 0 Å². The first-order valence-electron chi connectivity index (χ1n) is 4.37. The minimum Gasteiger partial charge on any atom is -0.248 e. The quantitative estimate of drug-likeness (QED) is 0.836. The molecule has 2 heterocycles. The molecule has 5 heteroatoms. The highest BCUT2D eigenvalue weighted by Crippen LogP contribution is 2.33. The lowest BCUT2D eigenvalue weighted by molar-refractivity contribution is 1.07. The summed E-state index contributed by atoms with van der Waals surface area (Å²) < 4.78 is 2.06. The van der Waals surface area contributed by atoms with Crippen molar-refractivity contribution in [2.45, 2.75) is 23.2 Å². The maximum atomic E-state index is 4.39. The molecular weight excluding hydrogens is 292 g/mol. The summed E-state index contributed by atoms with van der Waals surface area (Å²) >= 11 is 6.75. The van der Waals surface area contributed by atoms with E-state index in [1.54, 1.807) is 23.1 Å². The molecule has 0 saturated heterocycles. The SMILES string of the molecule is Cc1cnc(Sc2nc(C)cs2)c(Br)c1. The topological polar surface area (TPSA) is 25.8 Å². The molecule has 0 saturated carbocycles. The number of hydrogen-bond donors (Lipinski definition) is 0. The Labute approximate surface area is 105 Å². The fraction of sp³-hybridized carbons (Fsp3) is 0.200. The van der Waals surface area contributed by atoms with Gasteiger partial charge in [-0.25, -0.2) is 9.97 Å². The second kappa shape index (κ2) is 4.63. The Bertz CT molecular complexity index is 482. The zero-order valence-corrected chi connectivity index (χ0v) is 11.5. The maximum Gasteiger partial charge on any atom is 0.156 e. The predicted octanol–water partition coefficient (Wildman–Crippen LogP) is 4.07. The molecule has 2 rings (SSSR count). The summed E-state index contributed by atoms with van der Waals surface area (Å²) in [5.41, 5.74) is 2.22. The average Bonchev–Trinajstić information content (AvgIpc) is 2.56. The normalized spacial score (nSPS) is 10.6. The number of hydrogen-bond acceptors (Lipinski definition) is 4. The summed E-state index contributed by atoms with van der Waals surface area (Å²) in [6, 6.07) is 2.07. The molecule has 2 nitrogen and oxygen atoms in total. The third-order valence-electron chi connectivity index (χ3n) is 1.73. The number of nitrogens with zero attached hydrogens (tertiary/aromatic N) is 2. The fourth-order valence-electron chi connectivity index (χ4n) is 1.06. The first-order chi connectivity index (χ1) is 7.15. The van der Waals surface area contributed by atoms with E-state index in [1.165, 1.54) is 0 Å². The summed E-state index contributed by atoms with van der Waals surface area (Å²) in [6.07, 6.45) is 1.87. The van der Waals surface area contributed by atoms with Crippen molar-refractivity contribution in [1.29, 1.82) is 0 Å². The monoisotopic (exact) mass is 300 g/mol. The second-order valence-corrected chi connectivity index (χ2v) is 6.10. The summed E-state index contributed by atoms with van der Waals surface area (Å²) in [4.78, 5) is 8.76. The molecule has 0 radical (unpaired) electrons. The Kier molecular flexibility index (Phi) is 3.43. The summed E-state index contributed by atoms with van der Waals surface area (Å²) in [5.74, 6) is 0. The lowest BCUT2D eigenvalue weighted by Gasteiger charge is -2.01. The van der Waals surface area contributed by atoms with E-state index >= 15 is 0 Å². The van der Waals surface area contributed by atoms with E-state index < -0.39 is 0 Å². The highest BCUT2D eigenvalue weighted by atomic mass is 79.9. The van der Waals surface area contributed by atoms with Gasteiger partial charge in [-0.15, -0.1) is 11.3 Å². The molecule has 2 aromatic heterocycles. The lowest BCUT2D eigenvalue weighted by atomic mass is 10.3. The van der Waals surface area contributed by atoms with Crippen LogP contribution >= 0.6 is 39.0 Å². The van der Waals surface area contributed by atoms with Gasteiger partial charge in [0.25, 0.3) is 0 Å². The van der Waals surface area contributed by atoms with Gasteiger partial charge in [0.05, 0.1) is 4.47 Å². The van der Waals surface area contributed by atoms with Crippen molar-refractivity contribution in [3.63, 3.8) is 0 Å². The third kappa shape index (κ3) is 2.80. The van der Waals surface area contributed by atoms with Gasteiger partial charge in [-0.2, -0.15) is 0 Å². The van der Waals surface area contributed by atoms with E-state index in [0.29, 0.717) is 0 Å². The van der Waals surface area contributed by atoms with Gasteiger partial charge in [0.2, 0.25) is 0 Å². The smallest absolute Gasteiger partial charge is 0.156 e. The zero-order chi connectivity index (χ0) is 10.8. The molecule has 0 amide bonds. The van der Waals surface area contributed by atoms with Gasteiger partial charge in [-0.3, -0.25) is 0 Å². The molecule has 0 atom stereocenters. The Balaban J connectivity index is 2.24. The molecule has 0 aliphatic carbocycles. The number of aryl methyl sites for hydroxylation is 2. The first kappa shape index (κ1) is 11.1.